The molecule has 3 heteroatoms. The number of ether oxygens (including phenoxy) is 1. The monoisotopic (exact) mass is 470 g/mol. The minimum Gasteiger partial charge on any atom is -0.462 e. The van der Waals surface area contributed by atoms with E-state index in [9.17, 15) is 9.59 Å². The number of fused-ring (bicyclic) bond motifs is 5. The van der Waals surface area contributed by atoms with Crippen LogP contribution in [0.1, 0.15) is 119 Å². The van der Waals surface area contributed by atoms with Gasteiger partial charge in [-0.1, -0.05) is 65.5 Å². The van der Waals surface area contributed by atoms with Crippen molar-refractivity contribution in [3.63, 3.8) is 0 Å². The normalized spacial score (nSPS) is 40.1. The van der Waals surface area contributed by atoms with E-state index in [1.54, 1.807) is 5.57 Å². The summed E-state index contributed by atoms with van der Waals surface area (Å²) in [6.07, 6.45) is 16.4. The SMILES string of the molecule is CC(=O)CC(=O)O[C@@H]1CC[C@@]2(C)C(=CC[C@H]3[C@@H]4CC[C@H]([C@H](C)CCCC(C)C)[C@@]4(C)CC[C@@H]32)C1. The Morgan fingerprint density at radius 1 is 1.03 bits per heavy atom. The van der Waals surface area contributed by atoms with Crippen LogP contribution in [0.4, 0.5) is 0 Å². The summed E-state index contributed by atoms with van der Waals surface area (Å²) in [4.78, 5) is 23.4. The van der Waals surface area contributed by atoms with E-state index in [4.69, 9.17) is 4.74 Å². The molecule has 0 N–H and O–H groups in total. The lowest BCUT2D eigenvalue weighted by molar-refractivity contribution is -0.153. The van der Waals surface area contributed by atoms with E-state index in [1.165, 1.54) is 58.3 Å². The van der Waals surface area contributed by atoms with Crippen LogP contribution >= 0.6 is 0 Å². The predicted molar refractivity (Wildman–Crippen MR) is 138 cm³/mol. The van der Waals surface area contributed by atoms with Crippen molar-refractivity contribution in [3.05, 3.63) is 11.6 Å². The van der Waals surface area contributed by atoms with E-state index >= 15 is 0 Å². The van der Waals surface area contributed by atoms with Crippen molar-refractivity contribution < 1.29 is 14.3 Å². The number of esters is 1. The highest BCUT2D eigenvalue weighted by atomic mass is 16.5. The zero-order chi connectivity index (χ0) is 24.7. The molecule has 34 heavy (non-hydrogen) atoms. The Hall–Kier alpha value is -1.12. The zero-order valence-corrected chi connectivity index (χ0v) is 22.8. The molecule has 0 amide bonds. The fourth-order valence-corrected chi connectivity index (χ4v) is 9.18. The van der Waals surface area contributed by atoms with Gasteiger partial charge in [0.2, 0.25) is 0 Å². The van der Waals surface area contributed by atoms with Crippen molar-refractivity contribution in [2.45, 2.75) is 125 Å². The topological polar surface area (TPSA) is 43.4 Å². The molecule has 0 saturated heterocycles. The van der Waals surface area contributed by atoms with Gasteiger partial charge in [-0.3, -0.25) is 9.59 Å². The molecule has 3 saturated carbocycles. The van der Waals surface area contributed by atoms with Crippen molar-refractivity contribution >= 4 is 11.8 Å². The van der Waals surface area contributed by atoms with Gasteiger partial charge in [-0.2, -0.15) is 0 Å². The first-order valence-electron chi connectivity index (χ1n) is 14.4. The van der Waals surface area contributed by atoms with Crippen LogP contribution in [0.15, 0.2) is 11.6 Å². The second-order valence-electron chi connectivity index (χ2n) is 13.5. The zero-order valence-electron chi connectivity index (χ0n) is 22.8. The van der Waals surface area contributed by atoms with Crippen LogP contribution in [0.3, 0.4) is 0 Å². The molecular weight excluding hydrogens is 420 g/mol. The first kappa shape index (κ1) is 26.0. The first-order chi connectivity index (χ1) is 16.0. The van der Waals surface area contributed by atoms with Gasteiger partial charge >= 0.3 is 5.97 Å². The molecule has 0 unspecified atom stereocenters. The lowest BCUT2D eigenvalue weighted by Crippen LogP contribution is -2.51. The maximum absolute atomic E-state index is 12.1. The Morgan fingerprint density at radius 3 is 2.50 bits per heavy atom. The van der Waals surface area contributed by atoms with Crippen LogP contribution in [0.2, 0.25) is 0 Å². The number of Topliss-reactive ketones (excluding diaryl/α,β-unsaturated/α-hetero) is 1. The third kappa shape index (κ3) is 4.92. The van der Waals surface area contributed by atoms with E-state index in [0.717, 1.165) is 54.8 Å². The van der Waals surface area contributed by atoms with Gasteiger partial charge in [0.05, 0.1) is 0 Å². The minimum absolute atomic E-state index is 0.0425. The number of carbonyl (C=O) groups is 2. The molecule has 4 aliphatic rings. The van der Waals surface area contributed by atoms with Crippen molar-refractivity contribution in [3.8, 4) is 0 Å². The highest BCUT2D eigenvalue weighted by molar-refractivity contribution is 5.94. The maximum Gasteiger partial charge on any atom is 0.313 e. The number of hydrogen-bond donors (Lipinski definition) is 0. The van der Waals surface area contributed by atoms with Gasteiger partial charge in [-0.25, -0.2) is 0 Å². The molecule has 0 aliphatic heterocycles. The molecule has 4 rings (SSSR count). The predicted octanol–water partition coefficient (Wildman–Crippen LogP) is 7.92. The minimum atomic E-state index is -0.344. The summed E-state index contributed by atoms with van der Waals surface area (Å²) < 4.78 is 5.70. The fourth-order valence-electron chi connectivity index (χ4n) is 9.18. The third-order valence-electron chi connectivity index (χ3n) is 11.0. The third-order valence-corrected chi connectivity index (χ3v) is 11.0. The molecule has 0 spiro atoms. The van der Waals surface area contributed by atoms with Gasteiger partial charge in [0.25, 0.3) is 0 Å². The second kappa shape index (κ2) is 10.1. The van der Waals surface area contributed by atoms with Crippen molar-refractivity contribution in [1.82, 2.24) is 0 Å². The lowest BCUT2D eigenvalue weighted by atomic mass is 9.47. The largest absolute Gasteiger partial charge is 0.462 e. The van der Waals surface area contributed by atoms with E-state index < -0.39 is 0 Å². The summed E-state index contributed by atoms with van der Waals surface area (Å²) in [6.45, 7) is 13.9. The molecule has 0 aromatic heterocycles. The van der Waals surface area contributed by atoms with E-state index in [0.29, 0.717) is 5.41 Å². The van der Waals surface area contributed by atoms with Crippen LogP contribution in [0, 0.1) is 46.3 Å². The van der Waals surface area contributed by atoms with Crippen LogP contribution < -0.4 is 0 Å². The van der Waals surface area contributed by atoms with E-state index in [-0.39, 0.29) is 29.7 Å². The highest BCUT2D eigenvalue weighted by Crippen LogP contribution is 2.67. The van der Waals surface area contributed by atoms with Crippen LogP contribution in [-0.4, -0.2) is 17.9 Å². The lowest BCUT2D eigenvalue weighted by Gasteiger charge is -2.58. The number of rotatable bonds is 8. The Kier molecular flexibility index (Phi) is 7.71. The number of ketones is 1. The molecule has 0 heterocycles. The number of hydrogen-bond acceptors (Lipinski definition) is 3. The molecular formula is C31H50O3. The van der Waals surface area contributed by atoms with Crippen LogP contribution in [0.5, 0.6) is 0 Å². The smallest absolute Gasteiger partial charge is 0.313 e. The Balaban J connectivity index is 1.43. The Labute approximate surface area is 208 Å². The van der Waals surface area contributed by atoms with Gasteiger partial charge in [0, 0.05) is 6.42 Å². The number of allylic oxidation sites excluding steroid dienone is 1. The van der Waals surface area contributed by atoms with Crippen molar-refractivity contribution in [1.29, 1.82) is 0 Å². The molecule has 0 aromatic rings. The molecule has 192 valence electrons. The van der Waals surface area contributed by atoms with Gasteiger partial charge in [-0.05, 0) is 98.2 Å². The molecule has 0 bridgehead atoms. The van der Waals surface area contributed by atoms with E-state index in [2.05, 4.69) is 40.7 Å². The van der Waals surface area contributed by atoms with E-state index in [1.807, 2.05) is 0 Å². The molecule has 3 fully saturated rings. The summed E-state index contributed by atoms with van der Waals surface area (Å²) in [7, 11) is 0. The van der Waals surface area contributed by atoms with Gasteiger partial charge in [-0.15, -0.1) is 0 Å². The Bertz CT molecular complexity index is 796. The summed E-state index contributed by atoms with van der Waals surface area (Å²) in [5, 5.41) is 0. The summed E-state index contributed by atoms with van der Waals surface area (Å²) in [6, 6.07) is 0. The summed E-state index contributed by atoms with van der Waals surface area (Å²) in [5.74, 6) is 4.63. The second-order valence-corrected chi connectivity index (χ2v) is 13.5. The Morgan fingerprint density at radius 2 is 1.79 bits per heavy atom. The standard InChI is InChI=1S/C31H50O3/c1-20(2)8-7-9-21(3)26-12-13-27-25-11-10-23-19-24(34-29(33)18-22(4)32)14-16-30(23,5)28(25)15-17-31(26,27)6/h10,20-21,24-28H,7-9,11-19H2,1-6H3/t21-,24-,25+,26-,27+,28+,30+,31-/m1/s1. The van der Waals surface area contributed by atoms with Crippen molar-refractivity contribution in [2.75, 3.05) is 0 Å². The average Bonchev–Trinajstić information content (AvgIpc) is 3.10. The highest BCUT2D eigenvalue weighted by Gasteiger charge is 2.59. The fraction of sp³-hybridized carbons (Fsp3) is 0.871. The molecule has 0 radical (unpaired) electrons. The van der Waals surface area contributed by atoms with Gasteiger partial charge in [0.1, 0.15) is 18.3 Å². The maximum atomic E-state index is 12.1. The molecule has 4 aliphatic carbocycles. The van der Waals surface area contributed by atoms with Gasteiger partial charge < -0.3 is 4.74 Å². The van der Waals surface area contributed by atoms with Crippen LogP contribution in [0.25, 0.3) is 0 Å². The summed E-state index contributed by atoms with van der Waals surface area (Å²) in [5.41, 5.74) is 2.34. The average molecular weight is 471 g/mol. The molecule has 0 aromatic carbocycles. The molecule has 3 nitrogen and oxygen atoms in total. The number of carbonyl (C=O) groups excluding carboxylic acids is 2. The molecule has 8 atom stereocenters. The van der Waals surface area contributed by atoms with Crippen LogP contribution in [-0.2, 0) is 14.3 Å². The quantitative estimate of drug-likeness (QED) is 0.205. The van der Waals surface area contributed by atoms with Gasteiger partial charge in [0.15, 0.2) is 0 Å². The first-order valence-corrected chi connectivity index (χ1v) is 14.4. The van der Waals surface area contributed by atoms with Crippen molar-refractivity contribution in [2.24, 2.45) is 46.3 Å². The summed E-state index contributed by atoms with van der Waals surface area (Å²) >= 11 is 0.